The topological polar surface area (TPSA) is 33.1 Å². The Kier molecular flexibility index (Phi) is 8.49. The number of aromatic nitrogens is 1. The molecule has 0 saturated carbocycles. The highest BCUT2D eigenvalue weighted by molar-refractivity contribution is 5.64. The molecule has 2 nitrogen and oxygen atoms in total. The summed E-state index contributed by atoms with van der Waals surface area (Å²) in [6, 6.07) is 18.1. The number of nitrogens with zero attached hydrogens (tertiary/aromatic N) is 1. The molecule has 1 N–H and O–H groups in total. The second kappa shape index (κ2) is 11.1. The lowest BCUT2D eigenvalue weighted by Gasteiger charge is -2.34. The van der Waals surface area contributed by atoms with Crippen LogP contribution in [0, 0.1) is 6.92 Å². The van der Waals surface area contributed by atoms with Gasteiger partial charge in [-0.05, 0) is 78.5 Å². The summed E-state index contributed by atoms with van der Waals surface area (Å²) < 4.78 is 0. The molecule has 0 amide bonds. The maximum atomic E-state index is 10.6. The van der Waals surface area contributed by atoms with E-state index in [9.17, 15) is 5.11 Å². The minimum absolute atomic E-state index is 0.0252. The fraction of sp³-hybridized carbons (Fsp3) is 0.406. The Morgan fingerprint density at radius 1 is 0.765 bits per heavy atom. The highest BCUT2D eigenvalue weighted by Gasteiger charge is 2.31. The van der Waals surface area contributed by atoms with Crippen molar-refractivity contribution in [3.05, 3.63) is 94.8 Å². The van der Waals surface area contributed by atoms with Gasteiger partial charge in [-0.1, -0.05) is 89.2 Å². The van der Waals surface area contributed by atoms with Crippen molar-refractivity contribution in [1.29, 1.82) is 0 Å². The van der Waals surface area contributed by atoms with Gasteiger partial charge in [-0.2, -0.15) is 0 Å². The largest absolute Gasteiger partial charge is 0.386 e. The summed E-state index contributed by atoms with van der Waals surface area (Å²) in [4.78, 5) is 4.42. The number of aryl methyl sites for hydroxylation is 2. The van der Waals surface area contributed by atoms with Gasteiger partial charge < -0.3 is 5.11 Å². The monoisotopic (exact) mass is 455 g/mol. The first-order valence-corrected chi connectivity index (χ1v) is 12.9. The first-order valence-electron chi connectivity index (χ1n) is 12.9. The predicted molar refractivity (Wildman–Crippen MR) is 146 cm³/mol. The van der Waals surface area contributed by atoms with Crippen molar-refractivity contribution in [2.45, 2.75) is 84.7 Å². The van der Waals surface area contributed by atoms with E-state index in [4.69, 9.17) is 0 Å². The van der Waals surface area contributed by atoms with Crippen LogP contribution in [0.5, 0.6) is 0 Å². The second-order valence-corrected chi connectivity index (χ2v) is 9.52. The Labute approximate surface area is 206 Å². The summed E-state index contributed by atoms with van der Waals surface area (Å²) in [5.74, 6) is 0. The summed E-state index contributed by atoms with van der Waals surface area (Å²) >= 11 is 0. The van der Waals surface area contributed by atoms with E-state index in [0.29, 0.717) is 0 Å². The SMILES string of the molecule is CCc1cncc(-c2ccc(C(CC)(CC)c3ccc(/C=C/C(O)(CC)CC)c(C)c3)cc2)c1. The van der Waals surface area contributed by atoms with E-state index in [0.717, 1.165) is 32.1 Å². The molecule has 0 spiro atoms. The molecule has 1 aromatic heterocycles. The van der Waals surface area contributed by atoms with Crippen LogP contribution in [0.1, 0.15) is 88.1 Å². The molecule has 0 atom stereocenters. The van der Waals surface area contributed by atoms with E-state index in [1.165, 1.54) is 38.9 Å². The van der Waals surface area contributed by atoms with Gasteiger partial charge in [0.25, 0.3) is 0 Å². The lowest BCUT2D eigenvalue weighted by molar-refractivity contribution is 0.0836. The molecular weight excluding hydrogens is 414 g/mol. The lowest BCUT2D eigenvalue weighted by atomic mass is 9.70. The van der Waals surface area contributed by atoms with Crippen molar-refractivity contribution in [3.8, 4) is 11.1 Å². The summed E-state index contributed by atoms with van der Waals surface area (Å²) in [7, 11) is 0. The van der Waals surface area contributed by atoms with E-state index in [-0.39, 0.29) is 5.41 Å². The Morgan fingerprint density at radius 2 is 1.41 bits per heavy atom. The van der Waals surface area contributed by atoms with Crippen molar-refractivity contribution in [3.63, 3.8) is 0 Å². The Hall–Kier alpha value is -2.71. The average Bonchev–Trinajstić information content (AvgIpc) is 2.89. The van der Waals surface area contributed by atoms with Gasteiger partial charge in [0.15, 0.2) is 0 Å². The Morgan fingerprint density at radius 3 is 1.97 bits per heavy atom. The Bertz CT molecular complexity index is 1100. The van der Waals surface area contributed by atoms with E-state index in [1.807, 2.05) is 32.3 Å². The van der Waals surface area contributed by atoms with Crippen molar-refractivity contribution in [2.24, 2.45) is 0 Å². The van der Waals surface area contributed by atoms with Crippen LogP contribution in [-0.4, -0.2) is 15.7 Å². The van der Waals surface area contributed by atoms with E-state index < -0.39 is 5.60 Å². The van der Waals surface area contributed by atoms with Gasteiger partial charge in [0.05, 0.1) is 5.60 Å². The van der Waals surface area contributed by atoms with Gasteiger partial charge in [-0.3, -0.25) is 4.98 Å². The number of hydrogen-bond donors (Lipinski definition) is 1. The van der Waals surface area contributed by atoms with Crippen LogP contribution in [-0.2, 0) is 11.8 Å². The highest BCUT2D eigenvalue weighted by atomic mass is 16.3. The van der Waals surface area contributed by atoms with Gasteiger partial charge in [0.2, 0.25) is 0 Å². The lowest BCUT2D eigenvalue weighted by Crippen LogP contribution is -2.26. The van der Waals surface area contributed by atoms with Crippen molar-refractivity contribution in [1.82, 2.24) is 4.98 Å². The van der Waals surface area contributed by atoms with E-state index in [1.54, 1.807) is 0 Å². The molecule has 0 aliphatic heterocycles. The number of aliphatic hydroxyl groups is 1. The van der Waals surface area contributed by atoms with Gasteiger partial charge in [-0.25, -0.2) is 0 Å². The molecule has 0 saturated heterocycles. The fourth-order valence-corrected chi connectivity index (χ4v) is 4.94. The summed E-state index contributed by atoms with van der Waals surface area (Å²) in [5, 5.41) is 10.6. The zero-order valence-corrected chi connectivity index (χ0v) is 21.9. The number of rotatable bonds is 10. The van der Waals surface area contributed by atoms with Gasteiger partial charge in [0, 0.05) is 23.4 Å². The smallest absolute Gasteiger partial charge is 0.0825 e. The first-order chi connectivity index (χ1) is 16.3. The highest BCUT2D eigenvalue weighted by Crippen LogP contribution is 2.40. The molecule has 180 valence electrons. The molecule has 2 aromatic carbocycles. The van der Waals surface area contributed by atoms with Crippen molar-refractivity contribution < 1.29 is 5.11 Å². The third-order valence-electron chi connectivity index (χ3n) is 7.80. The van der Waals surface area contributed by atoms with Crippen LogP contribution in [0.25, 0.3) is 17.2 Å². The van der Waals surface area contributed by atoms with Crippen LogP contribution < -0.4 is 0 Å². The zero-order valence-electron chi connectivity index (χ0n) is 21.9. The minimum atomic E-state index is -0.727. The van der Waals surface area contributed by atoms with Crippen LogP contribution in [0.2, 0.25) is 0 Å². The zero-order chi connectivity index (χ0) is 24.8. The average molecular weight is 456 g/mol. The molecule has 2 heteroatoms. The molecule has 34 heavy (non-hydrogen) atoms. The van der Waals surface area contributed by atoms with Gasteiger partial charge in [-0.15, -0.1) is 0 Å². The molecule has 0 aliphatic carbocycles. The fourth-order valence-electron chi connectivity index (χ4n) is 4.94. The molecule has 1 heterocycles. The van der Waals surface area contributed by atoms with Crippen LogP contribution in [0.15, 0.2) is 67.0 Å². The van der Waals surface area contributed by atoms with Gasteiger partial charge in [0.1, 0.15) is 0 Å². The standard InChI is InChI=1S/C32H41NO/c1-7-25-21-28(23-33-22-25)27-13-15-29(16-14-27)32(10-4,11-5)30-17-12-26(24(6)20-30)18-19-31(34,8-2)9-3/h12-23,34H,7-11H2,1-6H3/b19-18+. The maximum Gasteiger partial charge on any atom is 0.0825 e. The number of benzene rings is 2. The van der Waals surface area contributed by atoms with Crippen molar-refractivity contribution >= 4 is 6.08 Å². The third-order valence-corrected chi connectivity index (χ3v) is 7.80. The summed E-state index contributed by atoms with van der Waals surface area (Å²) in [5.41, 5.74) is 8.03. The maximum absolute atomic E-state index is 10.6. The molecule has 0 bridgehead atoms. The third kappa shape index (κ3) is 5.33. The number of hydrogen-bond acceptors (Lipinski definition) is 2. The van der Waals surface area contributed by atoms with Crippen LogP contribution in [0.3, 0.4) is 0 Å². The van der Waals surface area contributed by atoms with Gasteiger partial charge >= 0.3 is 0 Å². The Balaban J connectivity index is 1.95. The van der Waals surface area contributed by atoms with E-state index in [2.05, 4.69) is 87.3 Å². The van der Waals surface area contributed by atoms with Crippen LogP contribution >= 0.6 is 0 Å². The molecule has 0 radical (unpaired) electrons. The second-order valence-electron chi connectivity index (χ2n) is 9.52. The summed E-state index contributed by atoms with van der Waals surface area (Å²) in [6.45, 7) is 13.0. The molecule has 0 unspecified atom stereocenters. The molecule has 0 aliphatic rings. The minimum Gasteiger partial charge on any atom is -0.386 e. The normalized spacial score (nSPS) is 12.4. The molecule has 3 rings (SSSR count). The summed E-state index contributed by atoms with van der Waals surface area (Å²) in [6.07, 6.45) is 12.5. The quantitative estimate of drug-likeness (QED) is 0.333. The molecular formula is C32H41NO. The van der Waals surface area contributed by atoms with Crippen LogP contribution in [0.4, 0.5) is 0 Å². The first kappa shape index (κ1) is 25.9. The predicted octanol–water partition coefficient (Wildman–Crippen LogP) is 8.29. The van der Waals surface area contributed by atoms with E-state index >= 15 is 0 Å². The van der Waals surface area contributed by atoms with Crippen molar-refractivity contribution in [2.75, 3.05) is 0 Å². The molecule has 3 aromatic rings. The number of pyridine rings is 1. The molecule has 0 fully saturated rings.